The van der Waals surface area contributed by atoms with Crippen LogP contribution in [-0.4, -0.2) is 18.4 Å². The van der Waals surface area contributed by atoms with Gasteiger partial charge in [0, 0.05) is 17.3 Å². The van der Waals surface area contributed by atoms with E-state index in [1.807, 2.05) is 0 Å². The van der Waals surface area contributed by atoms with E-state index in [0.717, 1.165) is 55.6 Å². The van der Waals surface area contributed by atoms with Gasteiger partial charge in [0.2, 0.25) is 5.91 Å². The first-order valence-electron chi connectivity index (χ1n) is 11.4. The van der Waals surface area contributed by atoms with Crippen LogP contribution < -0.4 is 10.6 Å². The molecule has 3 aliphatic carbocycles. The number of amides is 2. The van der Waals surface area contributed by atoms with Crippen LogP contribution in [0.2, 0.25) is 0 Å². The second kappa shape index (κ2) is 8.18. The molecule has 5 rings (SSSR count). The zero-order valence-corrected chi connectivity index (χ0v) is 18.4. The molecular weight excluding hydrogens is 392 g/mol. The molecule has 0 bridgehead atoms. The van der Waals surface area contributed by atoms with Gasteiger partial charge in [-0.15, -0.1) is 11.3 Å². The Bertz CT molecular complexity index is 954. The summed E-state index contributed by atoms with van der Waals surface area (Å²) < 4.78 is 0. The smallest absolute Gasteiger partial charge is 0.254 e. The van der Waals surface area contributed by atoms with Gasteiger partial charge in [-0.25, -0.2) is 0 Å². The van der Waals surface area contributed by atoms with Crippen molar-refractivity contribution in [3.63, 3.8) is 0 Å². The van der Waals surface area contributed by atoms with E-state index in [2.05, 4.69) is 41.8 Å². The highest BCUT2D eigenvalue weighted by atomic mass is 32.1. The fourth-order valence-electron chi connectivity index (χ4n) is 4.42. The number of thiophene rings is 1. The molecule has 30 heavy (non-hydrogen) atoms. The van der Waals surface area contributed by atoms with Crippen LogP contribution in [0.15, 0.2) is 24.3 Å². The van der Waals surface area contributed by atoms with Gasteiger partial charge in [-0.3, -0.25) is 9.59 Å². The predicted octanol–water partition coefficient (Wildman–Crippen LogP) is 4.89. The van der Waals surface area contributed by atoms with Crippen molar-refractivity contribution in [3.05, 3.63) is 51.4 Å². The average molecular weight is 423 g/mol. The monoisotopic (exact) mass is 422 g/mol. The number of rotatable bonds is 7. The van der Waals surface area contributed by atoms with Crippen molar-refractivity contribution in [2.75, 3.05) is 11.9 Å². The molecule has 3 aliphatic rings. The fourth-order valence-corrected chi connectivity index (χ4v) is 5.67. The van der Waals surface area contributed by atoms with Crippen molar-refractivity contribution < 1.29 is 9.59 Å². The molecule has 2 saturated carbocycles. The summed E-state index contributed by atoms with van der Waals surface area (Å²) in [7, 11) is 0. The van der Waals surface area contributed by atoms with Crippen LogP contribution >= 0.6 is 11.3 Å². The van der Waals surface area contributed by atoms with Gasteiger partial charge >= 0.3 is 0 Å². The number of hydrogen-bond donors (Lipinski definition) is 2. The first kappa shape index (κ1) is 19.8. The Morgan fingerprint density at radius 1 is 1.03 bits per heavy atom. The molecule has 1 atom stereocenters. The number of carbonyl (C=O) groups excluding carboxylic acids is 2. The van der Waals surface area contributed by atoms with Crippen LogP contribution in [0.25, 0.3) is 0 Å². The van der Waals surface area contributed by atoms with E-state index in [-0.39, 0.29) is 17.7 Å². The largest absolute Gasteiger partial charge is 0.352 e. The maximum Gasteiger partial charge on any atom is 0.254 e. The molecule has 1 aromatic carbocycles. The highest BCUT2D eigenvalue weighted by Crippen LogP contribution is 2.42. The number of carbonyl (C=O) groups is 2. The van der Waals surface area contributed by atoms with Crippen LogP contribution in [0.3, 0.4) is 0 Å². The summed E-state index contributed by atoms with van der Waals surface area (Å²) in [6, 6.07) is 8.80. The summed E-state index contributed by atoms with van der Waals surface area (Å²) in [5.74, 6) is 1.40. The number of hydrogen-bond acceptors (Lipinski definition) is 3. The van der Waals surface area contributed by atoms with Gasteiger partial charge < -0.3 is 10.6 Å². The zero-order valence-electron chi connectivity index (χ0n) is 17.6. The second-order valence-electron chi connectivity index (χ2n) is 9.42. The maximum atomic E-state index is 13.1. The number of aryl methyl sites for hydroxylation is 2. The van der Waals surface area contributed by atoms with Gasteiger partial charge in [0.25, 0.3) is 5.91 Å². The minimum Gasteiger partial charge on any atom is -0.352 e. The Labute approximate surface area is 182 Å². The van der Waals surface area contributed by atoms with Crippen molar-refractivity contribution in [2.24, 2.45) is 17.8 Å². The van der Waals surface area contributed by atoms with E-state index in [0.29, 0.717) is 11.8 Å². The highest BCUT2D eigenvalue weighted by molar-refractivity contribution is 7.17. The summed E-state index contributed by atoms with van der Waals surface area (Å²) in [6.45, 7) is 2.87. The van der Waals surface area contributed by atoms with E-state index in [4.69, 9.17) is 0 Å². The topological polar surface area (TPSA) is 58.2 Å². The van der Waals surface area contributed by atoms with Crippen LogP contribution in [0, 0.1) is 24.7 Å². The van der Waals surface area contributed by atoms with Crippen LogP contribution in [0.1, 0.15) is 64.0 Å². The normalized spacial score (nSPS) is 20.5. The molecule has 0 saturated heterocycles. The molecule has 158 valence electrons. The van der Waals surface area contributed by atoms with Crippen molar-refractivity contribution in [1.82, 2.24) is 5.32 Å². The minimum atomic E-state index is 0.00137. The molecule has 1 heterocycles. The molecule has 2 amide bonds. The van der Waals surface area contributed by atoms with Gasteiger partial charge in [0.05, 0.1) is 5.56 Å². The number of anilines is 1. The molecule has 0 radical (unpaired) electrons. The third kappa shape index (κ3) is 4.46. The van der Waals surface area contributed by atoms with Crippen molar-refractivity contribution >= 4 is 28.2 Å². The molecule has 2 N–H and O–H groups in total. The lowest BCUT2D eigenvalue weighted by atomic mass is 9.82. The van der Waals surface area contributed by atoms with Gasteiger partial charge in [-0.1, -0.05) is 29.8 Å². The Kier molecular flexibility index (Phi) is 5.40. The van der Waals surface area contributed by atoms with E-state index in [1.165, 1.54) is 34.4 Å². The van der Waals surface area contributed by atoms with Crippen LogP contribution in [0.5, 0.6) is 0 Å². The molecule has 0 spiro atoms. The minimum absolute atomic E-state index is 0.00137. The SMILES string of the molecule is Cc1ccc(CC2CCc3sc(NC(=O)C4CC4)c(C(=O)NCC4CC4)c3C2)cc1. The molecule has 0 aliphatic heterocycles. The average Bonchev–Trinajstić information content (AvgIpc) is 3.64. The molecule has 1 aromatic heterocycles. The van der Waals surface area contributed by atoms with Gasteiger partial charge in [0.15, 0.2) is 0 Å². The third-order valence-electron chi connectivity index (χ3n) is 6.67. The summed E-state index contributed by atoms with van der Waals surface area (Å²) in [5.41, 5.74) is 4.58. The Morgan fingerprint density at radius 3 is 2.50 bits per heavy atom. The molecule has 5 heteroatoms. The lowest BCUT2D eigenvalue weighted by Gasteiger charge is -2.23. The maximum absolute atomic E-state index is 13.1. The van der Waals surface area contributed by atoms with Crippen molar-refractivity contribution in [1.29, 1.82) is 0 Å². The van der Waals surface area contributed by atoms with Crippen molar-refractivity contribution in [3.8, 4) is 0 Å². The van der Waals surface area contributed by atoms with E-state index in [9.17, 15) is 9.59 Å². The lowest BCUT2D eigenvalue weighted by molar-refractivity contribution is -0.117. The number of benzene rings is 1. The standard InChI is InChI=1S/C25H30N2O2S/c1-15-2-4-16(5-3-15)12-18-8-11-21-20(13-18)22(24(29)26-14-17-6-7-17)25(30-21)27-23(28)19-9-10-19/h2-5,17-19H,6-14H2,1H3,(H,26,29)(H,27,28). The highest BCUT2D eigenvalue weighted by Gasteiger charge is 2.34. The summed E-state index contributed by atoms with van der Waals surface area (Å²) in [6.07, 6.45) is 8.47. The van der Waals surface area contributed by atoms with Gasteiger partial charge in [-0.2, -0.15) is 0 Å². The Balaban J connectivity index is 1.37. The summed E-state index contributed by atoms with van der Waals surface area (Å²) >= 11 is 1.63. The summed E-state index contributed by atoms with van der Waals surface area (Å²) in [5, 5.41) is 7.03. The number of nitrogens with one attached hydrogen (secondary N) is 2. The van der Waals surface area contributed by atoms with Crippen LogP contribution in [-0.2, 0) is 24.1 Å². The van der Waals surface area contributed by atoms with Gasteiger partial charge in [-0.05, 0) is 81.3 Å². The number of fused-ring (bicyclic) bond motifs is 1. The molecule has 4 nitrogen and oxygen atoms in total. The first-order chi connectivity index (χ1) is 14.6. The molecule has 2 aromatic rings. The predicted molar refractivity (Wildman–Crippen MR) is 121 cm³/mol. The zero-order chi connectivity index (χ0) is 20.7. The second-order valence-corrected chi connectivity index (χ2v) is 10.5. The van der Waals surface area contributed by atoms with E-state index in [1.54, 1.807) is 11.3 Å². The van der Waals surface area contributed by atoms with Crippen LogP contribution in [0.4, 0.5) is 5.00 Å². The lowest BCUT2D eigenvalue weighted by Crippen LogP contribution is -2.28. The van der Waals surface area contributed by atoms with E-state index >= 15 is 0 Å². The third-order valence-corrected chi connectivity index (χ3v) is 7.88. The van der Waals surface area contributed by atoms with Crippen molar-refractivity contribution in [2.45, 2.75) is 58.3 Å². The molecular formula is C25H30N2O2S. The van der Waals surface area contributed by atoms with Gasteiger partial charge in [0.1, 0.15) is 5.00 Å². The Morgan fingerprint density at radius 2 is 1.80 bits per heavy atom. The Hall–Kier alpha value is -2.14. The summed E-state index contributed by atoms with van der Waals surface area (Å²) in [4.78, 5) is 26.9. The fraction of sp³-hybridized carbons (Fsp3) is 0.520. The first-order valence-corrected chi connectivity index (χ1v) is 12.2. The van der Waals surface area contributed by atoms with E-state index < -0.39 is 0 Å². The molecule has 2 fully saturated rings. The quantitative estimate of drug-likeness (QED) is 0.667. The molecule has 1 unspecified atom stereocenters.